The van der Waals surface area contributed by atoms with E-state index >= 15 is 0 Å². The number of hydrogen-bond donors (Lipinski definition) is 1. The average Bonchev–Trinajstić information content (AvgIpc) is 2.13. The molecule has 0 saturated carbocycles. The van der Waals surface area contributed by atoms with Crippen molar-refractivity contribution in [2.75, 3.05) is 5.75 Å². The molecule has 0 heterocycles. The van der Waals surface area contributed by atoms with E-state index in [1.807, 2.05) is 0 Å². The minimum atomic E-state index is -3.30. The molecule has 0 spiro atoms. The first-order valence-electron chi connectivity index (χ1n) is 5.43. The van der Waals surface area contributed by atoms with Crippen molar-refractivity contribution in [2.24, 2.45) is 5.92 Å². The van der Waals surface area contributed by atoms with Crippen LogP contribution in [0, 0.1) is 11.7 Å². The maximum atomic E-state index is 13.4. The van der Waals surface area contributed by atoms with E-state index < -0.39 is 27.2 Å². The Morgan fingerprint density at radius 3 is 2.44 bits per heavy atom. The van der Waals surface area contributed by atoms with Crippen LogP contribution in [0.1, 0.15) is 29.8 Å². The lowest BCUT2D eigenvalue weighted by molar-refractivity contribution is 0.0692. The summed E-state index contributed by atoms with van der Waals surface area (Å²) in [4.78, 5) is 10.6. The molecule has 18 heavy (non-hydrogen) atoms. The molecule has 1 rings (SSSR count). The third kappa shape index (κ3) is 4.10. The van der Waals surface area contributed by atoms with Crippen LogP contribution in [0.4, 0.5) is 4.39 Å². The molecule has 0 unspecified atom stereocenters. The predicted octanol–water partition coefficient (Wildman–Crippen LogP) is 2.09. The van der Waals surface area contributed by atoms with Crippen molar-refractivity contribution < 1.29 is 22.7 Å². The number of aromatic carboxylic acids is 1. The van der Waals surface area contributed by atoms with Crippen molar-refractivity contribution >= 4 is 15.8 Å². The zero-order valence-electron chi connectivity index (χ0n) is 10.2. The van der Waals surface area contributed by atoms with Crippen molar-refractivity contribution in [3.8, 4) is 0 Å². The van der Waals surface area contributed by atoms with Crippen molar-refractivity contribution in [3.63, 3.8) is 0 Å². The molecule has 0 bridgehead atoms. The van der Waals surface area contributed by atoms with Gasteiger partial charge < -0.3 is 5.11 Å². The molecule has 0 saturated heterocycles. The molecule has 0 aliphatic rings. The first-order valence-corrected chi connectivity index (χ1v) is 7.25. The van der Waals surface area contributed by atoms with Crippen LogP contribution in [-0.2, 0) is 15.6 Å². The van der Waals surface area contributed by atoms with E-state index in [1.165, 1.54) is 6.07 Å². The summed E-state index contributed by atoms with van der Waals surface area (Å²) in [7, 11) is -3.30. The smallest absolute Gasteiger partial charge is 0.338 e. The van der Waals surface area contributed by atoms with E-state index in [-0.39, 0.29) is 23.0 Å². The van der Waals surface area contributed by atoms with Crippen LogP contribution in [0.15, 0.2) is 18.2 Å². The molecule has 0 aliphatic heterocycles. The van der Waals surface area contributed by atoms with Gasteiger partial charge in [0.15, 0.2) is 9.84 Å². The minimum Gasteiger partial charge on any atom is -0.478 e. The number of hydrogen-bond acceptors (Lipinski definition) is 3. The molecule has 0 radical (unpaired) electrons. The van der Waals surface area contributed by atoms with Gasteiger partial charge in [0.2, 0.25) is 0 Å². The number of carboxylic acid groups (broad SMARTS) is 1. The fraction of sp³-hybridized carbons (Fsp3) is 0.417. The summed E-state index contributed by atoms with van der Waals surface area (Å²) in [6.07, 6.45) is 0. The van der Waals surface area contributed by atoms with Gasteiger partial charge in [0.25, 0.3) is 0 Å². The fourth-order valence-electron chi connectivity index (χ4n) is 1.64. The predicted molar refractivity (Wildman–Crippen MR) is 65.7 cm³/mol. The van der Waals surface area contributed by atoms with E-state index in [4.69, 9.17) is 5.11 Å². The van der Waals surface area contributed by atoms with E-state index in [0.29, 0.717) is 0 Å². The molecule has 0 fully saturated rings. The highest BCUT2D eigenvalue weighted by Crippen LogP contribution is 2.14. The lowest BCUT2D eigenvalue weighted by atomic mass is 10.1. The van der Waals surface area contributed by atoms with E-state index in [9.17, 15) is 17.6 Å². The molecule has 0 aliphatic carbocycles. The highest BCUT2D eigenvalue weighted by molar-refractivity contribution is 7.90. The summed E-state index contributed by atoms with van der Waals surface area (Å²) in [6, 6.07) is 3.36. The molecule has 0 aromatic heterocycles. The van der Waals surface area contributed by atoms with Crippen LogP contribution in [0.3, 0.4) is 0 Å². The minimum absolute atomic E-state index is 0.00172. The van der Waals surface area contributed by atoms with Gasteiger partial charge in [0, 0.05) is 0 Å². The van der Waals surface area contributed by atoms with E-state index in [0.717, 1.165) is 12.1 Å². The topological polar surface area (TPSA) is 71.4 Å². The Kier molecular flexibility index (Phi) is 4.45. The van der Waals surface area contributed by atoms with Crippen LogP contribution in [0.25, 0.3) is 0 Å². The fourth-order valence-corrected chi connectivity index (χ4v) is 3.46. The standard InChI is InChI=1S/C12H15FO4S/c1-8(2)6-18(16,17)7-9-3-4-10(12(14)15)11(13)5-9/h3-5,8H,6-7H2,1-2H3,(H,14,15). The molecule has 1 aromatic carbocycles. The summed E-state index contributed by atoms with van der Waals surface area (Å²) < 4.78 is 36.8. The van der Waals surface area contributed by atoms with Gasteiger partial charge in [-0.3, -0.25) is 0 Å². The second kappa shape index (κ2) is 5.48. The molecular formula is C12H15FO4S. The number of carboxylic acids is 1. The third-order valence-corrected chi connectivity index (χ3v) is 4.19. The molecule has 6 heteroatoms. The Morgan fingerprint density at radius 1 is 1.39 bits per heavy atom. The van der Waals surface area contributed by atoms with E-state index in [1.54, 1.807) is 13.8 Å². The van der Waals surface area contributed by atoms with Crippen molar-refractivity contribution in [3.05, 3.63) is 35.1 Å². The second-order valence-electron chi connectivity index (χ2n) is 4.57. The maximum Gasteiger partial charge on any atom is 0.338 e. The Hall–Kier alpha value is -1.43. The summed E-state index contributed by atoms with van der Waals surface area (Å²) in [5, 5.41) is 8.65. The lowest BCUT2D eigenvalue weighted by Gasteiger charge is -2.07. The van der Waals surface area contributed by atoms with Gasteiger partial charge in [0.05, 0.1) is 17.1 Å². The third-order valence-electron chi connectivity index (χ3n) is 2.24. The first-order chi connectivity index (χ1) is 8.21. The molecule has 0 atom stereocenters. The summed E-state index contributed by atoms with van der Waals surface area (Å²) in [5.74, 6) is -2.54. The highest BCUT2D eigenvalue weighted by Gasteiger charge is 2.16. The van der Waals surface area contributed by atoms with Crippen molar-refractivity contribution in [1.82, 2.24) is 0 Å². The zero-order valence-corrected chi connectivity index (χ0v) is 11.0. The van der Waals surface area contributed by atoms with E-state index in [2.05, 4.69) is 0 Å². The van der Waals surface area contributed by atoms with Crippen LogP contribution in [0.5, 0.6) is 0 Å². The van der Waals surface area contributed by atoms with Crippen LogP contribution in [0.2, 0.25) is 0 Å². The summed E-state index contributed by atoms with van der Waals surface area (Å²) in [6.45, 7) is 3.57. The van der Waals surface area contributed by atoms with Crippen LogP contribution < -0.4 is 0 Å². The van der Waals surface area contributed by atoms with Gasteiger partial charge in [-0.1, -0.05) is 19.9 Å². The molecule has 100 valence electrons. The summed E-state index contributed by atoms with van der Waals surface area (Å²) in [5.41, 5.74) is -0.196. The Balaban J connectivity index is 2.94. The Bertz CT molecular complexity index is 549. The molecule has 1 aromatic rings. The number of benzene rings is 1. The Morgan fingerprint density at radius 2 is 2.00 bits per heavy atom. The Labute approximate surface area is 105 Å². The summed E-state index contributed by atoms with van der Waals surface area (Å²) >= 11 is 0. The largest absolute Gasteiger partial charge is 0.478 e. The lowest BCUT2D eigenvalue weighted by Crippen LogP contribution is -2.14. The van der Waals surface area contributed by atoms with Crippen LogP contribution in [-0.4, -0.2) is 25.2 Å². The number of halogens is 1. The van der Waals surface area contributed by atoms with Gasteiger partial charge >= 0.3 is 5.97 Å². The SMILES string of the molecule is CC(C)CS(=O)(=O)Cc1ccc(C(=O)O)c(F)c1. The average molecular weight is 274 g/mol. The van der Waals surface area contributed by atoms with Gasteiger partial charge in [-0.25, -0.2) is 17.6 Å². The molecule has 0 amide bonds. The molecular weight excluding hydrogens is 259 g/mol. The van der Waals surface area contributed by atoms with Gasteiger partial charge in [-0.05, 0) is 23.6 Å². The van der Waals surface area contributed by atoms with Gasteiger partial charge in [-0.2, -0.15) is 0 Å². The maximum absolute atomic E-state index is 13.4. The quantitative estimate of drug-likeness (QED) is 0.892. The van der Waals surface area contributed by atoms with Crippen LogP contribution >= 0.6 is 0 Å². The van der Waals surface area contributed by atoms with Crippen molar-refractivity contribution in [1.29, 1.82) is 0 Å². The zero-order chi connectivity index (χ0) is 13.9. The number of carbonyl (C=O) groups is 1. The molecule has 1 N–H and O–H groups in total. The highest BCUT2D eigenvalue weighted by atomic mass is 32.2. The van der Waals surface area contributed by atoms with Crippen molar-refractivity contribution in [2.45, 2.75) is 19.6 Å². The normalized spacial score (nSPS) is 11.8. The van der Waals surface area contributed by atoms with Gasteiger partial charge in [0.1, 0.15) is 5.82 Å². The first kappa shape index (κ1) is 14.6. The van der Waals surface area contributed by atoms with Gasteiger partial charge in [-0.15, -0.1) is 0 Å². The second-order valence-corrected chi connectivity index (χ2v) is 6.68. The number of sulfone groups is 1. The molecule has 4 nitrogen and oxygen atoms in total. The monoisotopic (exact) mass is 274 g/mol. The number of rotatable bonds is 5.